The average molecular weight is 378 g/mol. The highest BCUT2D eigenvalue weighted by Gasteiger charge is 2.26. The molecular formula is C19H17ClFNO4. The van der Waals surface area contributed by atoms with Gasteiger partial charge in [-0.05, 0) is 29.3 Å². The molecule has 0 aromatic heterocycles. The molecule has 1 N–H and O–H groups in total. The van der Waals surface area contributed by atoms with Crippen LogP contribution in [0.25, 0.3) is 0 Å². The summed E-state index contributed by atoms with van der Waals surface area (Å²) in [6.45, 7) is 1.06. The minimum Gasteiger partial charge on any atom is -0.478 e. The number of carbonyl (C=O) groups excluding carboxylic acids is 1. The molecule has 2 aromatic rings. The molecule has 1 aliphatic rings. The first-order chi connectivity index (χ1) is 12.5. The third-order valence-corrected chi connectivity index (χ3v) is 4.61. The standard InChI is InChI=1S/C19H17ClFNO4/c20-15-9-13(5-6-16(15)21)17-11-22(7-8-26-17)18(23)10-12-3-1-2-4-14(12)19(24)25/h1-6,9,17H,7-8,10-11H2,(H,24,25). The molecule has 0 spiro atoms. The van der Waals surface area contributed by atoms with Crippen LogP contribution in [0, 0.1) is 5.82 Å². The molecule has 1 heterocycles. The Balaban J connectivity index is 1.72. The highest BCUT2D eigenvalue weighted by Crippen LogP contribution is 2.26. The maximum atomic E-state index is 13.3. The number of amides is 1. The van der Waals surface area contributed by atoms with Gasteiger partial charge in [-0.2, -0.15) is 0 Å². The number of hydrogen-bond donors (Lipinski definition) is 1. The highest BCUT2D eigenvalue weighted by atomic mass is 35.5. The second-order valence-corrected chi connectivity index (χ2v) is 6.42. The van der Waals surface area contributed by atoms with E-state index in [1.165, 1.54) is 18.2 Å². The molecule has 0 aliphatic carbocycles. The lowest BCUT2D eigenvalue weighted by Crippen LogP contribution is -2.43. The molecule has 1 saturated heterocycles. The number of morpholine rings is 1. The number of nitrogens with zero attached hydrogens (tertiary/aromatic N) is 1. The Bertz CT molecular complexity index is 842. The number of carboxylic acids is 1. The zero-order chi connectivity index (χ0) is 18.7. The Morgan fingerprint density at radius 1 is 1.27 bits per heavy atom. The second kappa shape index (κ2) is 7.85. The van der Waals surface area contributed by atoms with E-state index in [1.54, 1.807) is 29.2 Å². The first kappa shape index (κ1) is 18.4. The number of hydrogen-bond acceptors (Lipinski definition) is 3. The van der Waals surface area contributed by atoms with Crippen LogP contribution >= 0.6 is 11.6 Å². The molecule has 1 unspecified atom stereocenters. The molecule has 0 radical (unpaired) electrons. The summed E-state index contributed by atoms with van der Waals surface area (Å²) in [6, 6.07) is 10.8. The van der Waals surface area contributed by atoms with Crippen molar-refractivity contribution in [3.05, 3.63) is 70.0 Å². The van der Waals surface area contributed by atoms with E-state index in [-0.39, 0.29) is 22.9 Å². The third-order valence-electron chi connectivity index (χ3n) is 4.32. The minimum atomic E-state index is -1.06. The molecular weight excluding hydrogens is 361 g/mol. The van der Waals surface area contributed by atoms with Gasteiger partial charge >= 0.3 is 5.97 Å². The van der Waals surface area contributed by atoms with Gasteiger partial charge in [0.05, 0.1) is 30.2 Å². The van der Waals surface area contributed by atoms with Gasteiger partial charge in [-0.1, -0.05) is 35.9 Å². The fourth-order valence-electron chi connectivity index (χ4n) is 2.95. The highest BCUT2D eigenvalue weighted by molar-refractivity contribution is 6.30. The quantitative estimate of drug-likeness (QED) is 0.887. The maximum Gasteiger partial charge on any atom is 0.335 e. The zero-order valence-electron chi connectivity index (χ0n) is 13.8. The summed E-state index contributed by atoms with van der Waals surface area (Å²) in [7, 11) is 0. The number of carboxylic acid groups (broad SMARTS) is 1. The lowest BCUT2D eigenvalue weighted by atomic mass is 10.0. The largest absolute Gasteiger partial charge is 0.478 e. The molecule has 0 bridgehead atoms. The fraction of sp³-hybridized carbons (Fsp3) is 0.263. The van der Waals surface area contributed by atoms with Gasteiger partial charge < -0.3 is 14.7 Å². The van der Waals surface area contributed by atoms with Crippen molar-refractivity contribution in [3.8, 4) is 0 Å². The molecule has 3 rings (SSSR count). The average Bonchev–Trinajstić information content (AvgIpc) is 2.64. The smallest absolute Gasteiger partial charge is 0.335 e. The lowest BCUT2D eigenvalue weighted by Gasteiger charge is -2.33. The number of halogens is 2. The van der Waals surface area contributed by atoms with Crippen molar-refractivity contribution in [1.82, 2.24) is 4.90 Å². The SMILES string of the molecule is O=C(O)c1ccccc1CC(=O)N1CCOC(c2ccc(F)c(Cl)c2)C1. The summed E-state index contributed by atoms with van der Waals surface area (Å²) >= 11 is 5.82. The lowest BCUT2D eigenvalue weighted by molar-refractivity contribution is -0.138. The number of rotatable bonds is 4. The number of ether oxygens (including phenoxy) is 1. The Morgan fingerprint density at radius 3 is 2.77 bits per heavy atom. The van der Waals surface area contributed by atoms with Crippen molar-refractivity contribution in [1.29, 1.82) is 0 Å². The summed E-state index contributed by atoms with van der Waals surface area (Å²) in [5, 5.41) is 9.24. The van der Waals surface area contributed by atoms with Crippen molar-refractivity contribution >= 4 is 23.5 Å². The molecule has 0 saturated carbocycles. The van der Waals surface area contributed by atoms with E-state index in [4.69, 9.17) is 16.3 Å². The van der Waals surface area contributed by atoms with Crippen molar-refractivity contribution in [2.75, 3.05) is 19.7 Å². The molecule has 5 nitrogen and oxygen atoms in total. The van der Waals surface area contributed by atoms with E-state index in [0.29, 0.717) is 30.8 Å². The van der Waals surface area contributed by atoms with Gasteiger partial charge in [-0.15, -0.1) is 0 Å². The molecule has 26 heavy (non-hydrogen) atoms. The Hall–Kier alpha value is -2.44. The minimum absolute atomic E-state index is 0.000628. The predicted octanol–water partition coefficient (Wildman–Crippen LogP) is 3.32. The van der Waals surface area contributed by atoms with E-state index in [1.807, 2.05) is 0 Å². The van der Waals surface area contributed by atoms with E-state index < -0.39 is 17.9 Å². The van der Waals surface area contributed by atoms with Crippen LogP contribution in [0.3, 0.4) is 0 Å². The van der Waals surface area contributed by atoms with Gasteiger partial charge in [-0.25, -0.2) is 9.18 Å². The van der Waals surface area contributed by atoms with E-state index in [9.17, 15) is 19.1 Å². The Kier molecular flexibility index (Phi) is 5.54. The topological polar surface area (TPSA) is 66.8 Å². The number of aromatic carboxylic acids is 1. The molecule has 2 aromatic carbocycles. The Morgan fingerprint density at radius 2 is 2.04 bits per heavy atom. The molecule has 1 aliphatic heterocycles. The van der Waals surface area contributed by atoms with Crippen LogP contribution in [-0.2, 0) is 16.0 Å². The maximum absolute atomic E-state index is 13.3. The van der Waals surface area contributed by atoms with Crippen LogP contribution in [0.4, 0.5) is 4.39 Å². The van der Waals surface area contributed by atoms with Crippen LogP contribution in [0.5, 0.6) is 0 Å². The number of benzene rings is 2. The van der Waals surface area contributed by atoms with Gasteiger partial charge in [0, 0.05) is 6.54 Å². The van der Waals surface area contributed by atoms with Crippen LogP contribution < -0.4 is 0 Å². The van der Waals surface area contributed by atoms with Crippen LogP contribution in [0.15, 0.2) is 42.5 Å². The number of carbonyl (C=O) groups is 2. The molecule has 136 valence electrons. The van der Waals surface area contributed by atoms with Gasteiger partial charge in [0.15, 0.2) is 0 Å². The summed E-state index contributed by atoms with van der Waals surface area (Å²) in [6.07, 6.45) is -0.403. The summed E-state index contributed by atoms with van der Waals surface area (Å²) in [5.74, 6) is -1.75. The van der Waals surface area contributed by atoms with Gasteiger partial charge in [0.2, 0.25) is 5.91 Å². The third kappa shape index (κ3) is 4.03. The van der Waals surface area contributed by atoms with Gasteiger partial charge in [0.25, 0.3) is 0 Å². The van der Waals surface area contributed by atoms with E-state index in [0.717, 1.165) is 0 Å². The van der Waals surface area contributed by atoms with Crippen LogP contribution in [0.1, 0.15) is 27.6 Å². The summed E-state index contributed by atoms with van der Waals surface area (Å²) < 4.78 is 19.0. The van der Waals surface area contributed by atoms with Crippen molar-refractivity contribution in [2.24, 2.45) is 0 Å². The van der Waals surface area contributed by atoms with Crippen LogP contribution in [-0.4, -0.2) is 41.6 Å². The second-order valence-electron chi connectivity index (χ2n) is 6.01. The molecule has 7 heteroatoms. The van der Waals surface area contributed by atoms with Crippen molar-refractivity contribution in [2.45, 2.75) is 12.5 Å². The van der Waals surface area contributed by atoms with Gasteiger partial charge in [0.1, 0.15) is 11.9 Å². The van der Waals surface area contributed by atoms with E-state index >= 15 is 0 Å². The van der Waals surface area contributed by atoms with Crippen molar-refractivity contribution < 1.29 is 23.8 Å². The first-order valence-electron chi connectivity index (χ1n) is 8.11. The summed E-state index contributed by atoms with van der Waals surface area (Å²) in [5.41, 5.74) is 1.29. The predicted molar refractivity (Wildman–Crippen MR) is 93.8 cm³/mol. The van der Waals surface area contributed by atoms with Crippen molar-refractivity contribution in [3.63, 3.8) is 0 Å². The van der Waals surface area contributed by atoms with Crippen LogP contribution in [0.2, 0.25) is 5.02 Å². The first-order valence-corrected chi connectivity index (χ1v) is 8.49. The molecule has 1 fully saturated rings. The van der Waals surface area contributed by atoms with E-state index in [2.05, 4.69) is 0 Å². The normalized spacial score (nSPS) is 17.2. The zero-order valence-corrected chi connectivity index (χ0v) is 14.6. The monoisotopic (exact) mass is 377 g/mol. The Labute approximate surface area is 154 Å². The fourth-order valence-corrected chi connectivity index (χ4v) is 3.14. The molecule has 1 amide bonds. The summed E-state index contributed by atoms with van der Waals surface area (Å²) in [4.78, 5) is 25.5. The van der Waals surface area contributed by atoms with Gasteiger partial charge in [-0.3, -0.25) is 4.79 Å². The molecule has 1 atom stereocenters.